The first kappa shape index (κ1) is 24.2. The van der Waals surface area contributed by atoms with Crippen molar-refractivity contribution in [1.29, 1.82) is 0 Å². The predicted molar refractivity (Wildman–Crippen MR) is 116 cm³/mol. The first-order chi connectivity index (χ1) is 16.0. The van der Waals surface area contributed by atoms with Crippen molar-refractivity contribution >= 4 is 26.8 Å². The van der Waals surface area contributed by atoms with Gasteiger partial charge < -0.3 is 18.8 Å². The minimum atomic E-state index is -4.96. The highest BCUT2D eigenvalue weighted by atomic mass is 32.2. The van der Waals surface area contributed by atoms with Crippen LogP contribution in [0.2, 0.25) is 0 Å². The standard InChI is InChI=1S/C21H21F4N3O5S/c1-31-12-32-18-10-13(9-15(19(18)22)21(23,24)25)20-26-16-11-14(3-4-17(16)33-20)27-5-7-28(8-6-27)34(2,29)30/h3-4,9-11H,5-8,12H2,1-2H3. The molecule has 184 valence electrons. The van der Waals surface area contributed by atoms with Crippen molar-refractivity contribution in [2.24, 2.45) is 0 Å². The van der Waals surface area contributed by atoms with Crippen LogP contribution in [0.5, 0.6) is 5.75 Å². The van der Waals surface area contributed by atoms with Crippen LogP contribution < -0.4 is 9.64 Å². The highest BCUT2D eigenvalue weighted by Crippen LogP contribution is 2.39. The predicted octanol–water partition coefficient (Wildman–Crippen LogP) is 3.72. The Kier molecular flexibility index (Phi) is 6.44. The highest BCUT2D eigenvalue weighted by Gasteiger charge is 2.37. The number of benzene rings is 2. The Morgan fingerprint density at radius 3 is 2.44 bits per heavy atom. The number of piperazine rings is 1. The zero-order valence-electron chi connectivity index (χ0n) is 18.2. The fraction of sp³-hybridized carbons (Fsp3) is 0.381. The lowest BCUT2D eigenvalue weighted by molar-refractivity contribution is -0.140. The van der Waals surface area contributed by atoms with Gasteiger partial charge >= 0.3 is 6.18 Å². The summed E-state index contributed by atoms with van der Waals surface area (Å²) in [4.78, 5) is 6.27. The lowest BCUT2D eigenvalue weighted by Crippen LogP contribution is -2.48. The van der Waals surface area contributed by atoms with Crippen LogP contribution in [0.1, 0.15) is 5.56 Å². The SMILES string of the molecule is COCOc1cc(-c2nc3cc(N4CCN(S(C)(=O)=O)CC4)ccc3o2)cc(C(F)(F)F)c1F. The van der Waals surface area contributed by atoms with E-state index in [0.29, 0.717) is 43.3 Å². The Hall–Kier alpha value is -2.90. The maximum Gasteiger partial charge on any atom is 0.419 e. The van der Waals surface area contributed by atoms with Crippen molar-refractivity contribution in [1.82, 2.24) is 9.29 Å². The van der Waals surface area contributed by atoms with E-state index in [-0.39, 0.29) is 11.5 Å². The summed E-state index contributed by atoms with van der Waals surface area (Å²) in [5, 5.41) is 0. The third-order valence-electron chi connectivity index (χ3n) is 5.37. The summed E-state index contributed by atoms with van der Waals surface area (Å²) in [6.07, 6.45) is -3.80. The van der Waals surface area contributed by atoms with Gasteiger partial charge in [-0.1, -0.05) is 0 Å². The first-order valence-electron chi connectivity index (χ1n) is 10.1. The summed E-state index contributed by atoms with van der Waals surface area (Å²) in [6, 6.07) is 6.77. The quantitative estimate of drug-likeness (QED) is 0.375. The summed E-state index contributed by atoms with van der Waals surface area (Å²) < 4.78 is 94.6. The number of rotatable bonds is 6. The number of halogens is 4. The van der Waals surface area contributed by atoms with E-state index in [1.807, 2.05) is 4.90 Å². The molecule has 0 saturated carbocycles. The molecular formula is C21H21F4N3O5S. The van der Waals surface area contributed by atoms with E-state index in [2.05, 4.69) is 9.72 Å². The molecule has 2 aromatic carbocycles. The lowest BCUT2D eigenvalue weighted by Gasteiger charge is -2.34. The van der Waals surface area contributed by atoms with Crippen molar-refractivity contribution in [3.63, 3.8) is 0 Å². The summed E-state index contributed by atoms with van der Waals surface area (Å²) in [6.45, 7) is 1.16. The van der Waals surface area contributed by atoms with Crippen molar-refractivity contribution in [2.45, 2.75) is 6.18 Å². The van der Waals surface area contributed by atoms with Gasteiger partial charge in [0.1, 0.15) is 5.52 Å². The summed E-state index contributed by atoms with van der Waals surface area (Å²) in [5.74, 6) is -2.33. The monoisotopic (exact) mass is 503 g/mol. The number of ether oxygens (including phenoxy) is 2. The highest BCUT2D eigenvalue weighted by molar-refractivity contribution is 7.88. The van der Waals surface area contributed by atoms with Crippen LogP contribution in [0, 0.1) is 5.82 Å². The van der Waals surface area contributed by atoms with Crippen LogP contribution in [0.3, 0.4) is 0 Å². The van der Waals surface area contributed by atoms with Crippen LogP contribution in [0.25, 0.3) is 22.6 Å². The topological polar surface area (TPSA) is 85.1 Å². The van der Waals surface area contributed by atoms with E-state index >= 15 is 0 Å². The Bertz CT molecular complexity index is 1300. The van der Waals surface area contributed by atoms with E-state index in [1.165, 1.54) is 11.4 Å². The number of sulfonamides is 1. The zero-order valence-corrected chi connectivity index (χ0v) is 19.0. The fourth-order valence-electron chi connectivity index (χ4n) is 3.67. The molecular weight excluding hydrogens is 482 g/mol. The number of hydrogen-bond acceptors (Lipinski definition) is 7. The van der Waals surface area contributed by atoms with Gasteiger partial charge in [-0.2, -0.15) is 17.5 Å². The van der Waals surface area contributed by atoms with Gasteiger partial charge in [-0.25, -0.2) is 17.8 Å². The average molecular weight is 503 g/mol. The largest absolute Gasteiger partial charge is 0.464 e. The molecule has 0 radical (unpaired) electrons. The van der Waals surface area contributed by atoms with Gasteiger partial charge in [-0.05, 0) is 30.3 Å². The van der Waals surface area contributed by atoms with Crippen molar-refractivity contribution in [3.8, 4) is 17.2 Å². The third kappa shape index (κ3) is 4.95. The van der Waals surface area contributed by atoms with E-state index in [1.54, 1.807) is 18.2 Å². The minimum absolute atomic E-state index is 0.112. The van der Waals surface area contributed by atoms with Gasteiger partial charge in [0.25, 0.3) is 0 Å². The summed E-state index contributed by atoms with van der Waals surface area (Å²) >= 11 is 0. The second-order valence-electron chi connectivity index (χ2n) is 7.70. The maximum absolute atomic E-state index is 14.4. The molecule has 0 atom stereocenters. The summed E-state index contributed by atoms with van der Waals surface area (Å²) in [5.41, 5.74) is -0.150. The molecule has 1 aliphatic heterocycles. The normalized spacial score (nSPS) is 15.8. The third-order valence-corrected chi connectivity index (χ3v) is 6.67. The van der Waals surface area contributed by atoms with Crippen LogP contribution in [0.4, 0.5) is 23.2 Å². The summed E-state index contributed by atoms with van der Waals surface area (Å²) in [7, 11) is -2.01. The van der Waals surface area contributed by atoms with Crippen molar-refractivity contribution in [3.05, 3.63) is 41.7 Å². The molecule has 34 heavy (non-hydrogen) atoms. The van der Waals surface area contributed by atoms with E-state index in [4.69, 9.17) is 9.15 Å². The van der Waals surface area contributed by atoms with E-state index in [9.17, 15) is 26.0 Å². The average Bonchev–Trinajstić information content (AvgIpc) is 3.20. The molecule has 1 aromatic heterocycles. The molecule has 2 heterocycles. The zero-order chi connectivity index (χ0) is 24.7. The number of fused-ring (bicyclic) bond motifs is 1. The maximum atomic E-state index is 14.4. The fourth-order valence-corrected chi connectivity index (χ4v) is 4.50. The van der Waals surface area contributed by atoms with Gasteiger partial charge in [0, 0.05) is 44.5 Å². The van der Waals surface area contributed by atoms with Crippen LogP contribution in [-0.2, 0) is 20.9 Å². The van der Waals surface area contributed by atoms with Crippen LogP contribution >= 0.6 is 0 Å². The number of aromatic nitrogens is 1. The van der Waals surface area contributed by atoms with Gasteiger partial charge in [-0.15, -0.1) is 0 Å². The number of methoxy groups -OCH3 is 1. The Balaban J connectivity index is 1.66. The van der Waals surface area contributed by atoms with Crippen molar-refractivity contribution < 1.29 is 39.9 Å². The molecule has 0 aliphatic carbocycles. The number of nitrogens with zero attached hydrogens (tertiary/aromatic N) is 3. The number of oxazole rings is 1. The van der Waals surface area contributed by atoms with Crippen LogP contribution in [0.15, 0.2) is 34.7 Å². The molecule has 3 aromatic rings. The molecule has 0 spiro atoms. The van der Waals surface area contributed by atoms with E-state index in [0.717, 1.165) is 18.0 Å². The number of hydrogen-bond donors (Lipinski definition) is 0. The molecule has 1 aliphatic rings. The second kappa shape index (κ2) is 9.04. The van der Waals surface area contributed by atoms with Gasteiger partial charge in [0.05, 0.1) is 11.8 Å². The van der Waals surface area contributed by atoms with Gasteiger partial charge in [0.15, 0.2) is 23.9 Å². The molecule has 4 rings (SSSR count). The molecule has 13 heteroatoms. The molecule has 0 N–H and O–H groups in total. The molecule has 0 bridgehead atoms. The smallest absolute Gasteiger partial charge is 0.419 e. The minimum Gasteiger partial charge on any atom is -0.464 e. The Morgan fingerprint density at radius 1 is 1.12 bits per heavy atom. The Labute approximate surface area is 192 Å². The molecule has 0 unspecified atom stereocenters. The Morgan fingerprint density at radius 2 is 1.82 bits per heavy atom. The first-order valence-corrected chi connectivity index (χ1v) is 12.0. The van der Waals surface area contributed by atoms with Gasteiger partial charge in [-0.3, -0.25) is 0 Å². The molecule has 1 saturated heterocycles. The molecule has 1 fully saturated rings. The molecule has 8 nitrogen and oxygen atoms in total. The number of anilines is 1. The van der Waals surface area contributed by atoms with E-state index < -0.39 is 40.1 Å². The molecule has 0 amide bonds. The number of alkyl halides is 3. The lowest BCUT2D eigenvalue weighted by atomic mass is 10.1. The van der Waals surface area contributed by atoms with Crippen molar-refractivity contribution in [2.75, 3.05) is 51.2 Å². The van der Waals surface area contributed by atoms with Gasteiger partial charge in [0.2, 0.25) is 15.9 Å². The van der Waals surface area contributed by atoms with Crippen LogP contribution in [-0.4, -0.2) is 64.0 Å². The second-order valence-corrected chi connectivity index (χ2v) is 9.69.